The SMILES string of the molecule is CC/C=C\C/C=C\C/C=C\C/C=C\CCCCC(=O)OC(COC(=O)CCCC)COP(=O)(O)OCC(O)CO. The number of esters is 2. The molecule has 11 heteroatoms. The van der Waals surface area contributed by atoms with Crippen molar-refractivity contribution in [2.75, 3.05) is 26.4 Å². The van der Waals surface area contributed by atoms with Crippen molar-refractivity contribution < 1.29 is 47.8 Å². The van der Waals surface area contributed by atoms with Crippen LogP contribution in [0.3, 0.4) is 0 Å². The van der Waals surface area contributed by atoms with Gasteiger partial charge in [-0.05, 0) is 51.4 Å². The summed E-state index contributed by atoms with van der Waals surface area (Å²) in [4.78, 5) is 33.9. The number of phosphoric ester groups is 1. The Balaban J connectivity index is 4.41. The molecule has 0 aromatic heterocycles. The van der Waals surface area contributed by atoms with Gasteiger partial charge in [0.1, 0.15) is 12.7 Å². The number of carbonyl (C=O) groups excluding carboxylic acids is 2. The molecule has 0 bridgehead atoms. The first kappa shape index (κ1) is 37.9. The van der Waals surface area contributed by atoms with E-state index < -0.39 is 51.8 Å². The lowest BCUT2D eigenvalue weighted by molar-refractivity contribution is -0.161. The summed E-state index contributed by atoms with van der Waals surface area (Å²) in [5.74, 6) is -1.02. The minimum Gasteiger partial charge on any atom is -0.462 e. The molecule has 0 saturated carbocycles. The topological polar surface area (TPSA) is 149 Å². The maximum Gasteiger partial charge on any atom is 0.472 e. The summed E-state index contributed by atoms with van der Waals surface area (Å²) in [6.45, 7) is 1.87. The second kappa shape index (κ2) is 25.9. The lowest BCUT2D eigenvalue weighted by Gasteiger charge is -2.20. The molecule has 0 aliphatic rings. The van der Waals surface area contributed by atoms with E-state index in [0.29, 0.717) is 12.8 Å². The number of phosphoric acid groups is 1. The largest absolute Gasteiger partial charge is 0.472 e. The van der Waals surface area contributed by atoms with Gasteiger partial charge in [-0.1, -0.05) is 68.9 Å². The van der Waals surface area contributed by atoms with Gasteiger partial charge < -0.3 is 24.6 Å². The number of rotatable bonds is 25. The van der Waals surface area contributed by atoms with Gasteiger partial charge in [-0.2, -0.15) is 0 Å². The molecule has 3 atom stereocenters. The zero-order valence-corrected chi connectivity index (χ0v) is 24.9. The highest BCUT2D eigenvalue weighted by Gasteiger charge is 2.27. The number of unbranched alkanes of at least 4 members (excludes halogenated alkanes) is 3. The first-order chi connectivity index (χ1) is 19.2. The van der Waals surface area contributed by atoms with E-state index in [1.54, 1.807) is 0 Å². The van der Waals surface area contributed by atoms with E-state index in [1.165, 1.54) is 0 Å². The average molecular weight is 589 g/mol. The third-order valence-electron chi connectivity index (χ3n) is 5.25. The fourth-order valence-electron chi connectivity index (χ4n) is 3.02. The molecule has 0 fully saturated rings. The first-order valence-electron chi connectivity index (χ1n) is 14.1. The highest BCUT2D eigenvalue weighted by atomic mass is 31.2. The minimum atomic E-state index is -4.60. The van der Waals surface area contributed by atoms with E-state index in [4.69, 9.17) is 19.1 Å². The molecule has 0 rings (SSSR count). The van der Waals surface area contributed by atoms with Gasteiger partial charge in [0.25, 0.3) is 0 Å². The van der Waals surface area contributed by atoms with Crippen LogP contribution in [-0.2, 0) is 32.7 Å². The predicted octanol–water partition coefficient (Wildman–Crippen LogP) is 5.48. The summed E-state index contributed by atoms with van der Waals surface area (Å²) in [5.41, 5.74) is 0. The van der Waals surface area contributed by atoms with Gasteiger partial charge in [-0.15, -0.1) is 0 Å². The fourth-order valence-corrected chi connectivity index (χ4v) is 3.81. The minimum absolute atomic E-state index is 0.129. The van der Waals surface area contributed by atoms with Crippen molar-refractivity contribution in [1.82, 2.24) is 0 Å². The Morgan fingerprint density at radius 1 is 0.775 bits per heavy atom. The Kier molecular flexibility index (Phi) is 24.5. The molecule has 3 N–H and O–H groups in total. The molecule has 230 valence electrons. The number of allylic oxidation sites excluding steroid dienone is 8. The van der Waals surface area contributed by atoms with Crippen molar-refractivity contribution in [3.8, 4) is 0 Å². The Hall–Kier alpha value is -2.07. The van der Waals surface area contributed by atoms with Crippen molar-refractivity contribution >= 4 is 19.8 Å². The van der Waals surface area contributed by atoms with E-state index in [2.05, 4.69) is 60.1 Å². The van der Waals surface area contributed by atoms with Crippen molar-refractivity contribution in [3.63, 3.8) is 0 Å². The number of aliphatic hydroxyl groups excluding tert-OH is 2. The zero-order valence-electron chi connectivity index (χ0n) is 24.0. The number of carbonyl (C=O) groups is 2. The molecule has 0 aromatic carbocycles. The van der Waals surface area contributed by atoms with Gasteiger partial charge in [-0.25, -0.2) is 4.57 Å². The van der Waals surface area contributed by atoms with Crippen LogP contribution in [0.25, 0.3) is 0 Å². The average Bonchev–Trinajstić information content (AvgIpc) is 2.94. The highest BCUT2D eigenvalue weighted by molar-refractivity contribution is 7.47. The Bertz CT molecular complexity index is 822. The van der Waals surface area contributed by atoms with Gasteiger partial charge in [0.2, 0.25) is 0 Å². The third kappa shape index (κ3) is 24.9. The molecule has 0 heterocycles. The summed E-state index contributed by atoms with van der Waals surface area (Å²) < 4.78 is 31.8. The molecule has 0 aliphatic heterocycles. The molecule has 0 radical (unpaired) electrons. The van der Waals surface area contributed by atoms with Crippen molar-refractivity contribution in [3.05, 3.63) is 48.6 Å². The van der Waals surface area contributed by atoms with Crippen molar-refractivity contribution in [2.24, 2.45) is 0 Å². The number of aliphatic hydroxyl groups is 2. The Morgan fingerprint density at radius 2 is 1.35 bits per heavy atom. The monoisotopic (exact) mass is 588 g/mol. The van der Waals surface area contributed by atoms with Crippen LogP contribution in [0.5, 0.6) is 0 Å². The van der Waals surface area contributed by atoms with Gasteiger partial charge >= 0.3 is 19.8 Å². The number of hydrogen-bond donors (Lipinski definition) is 3. The maximum atomic E-state index is 12.3. The summed E-state index contributed by atoms with van der Waals surface area (Å²) in [5, 5.41) is 18.0. The molecule has 0 spiro atoms. The van der Waals surface area contributed by atoms with E-state index in [-0.39, 0.29) is 19.4 Å². The van der Waals surface area contributed by atoms with Gasteiger partial charge in [0, 0.05) is 12.8 Å². The second-order valence-corrected chi connectivity index (χ2v) is 10.5. The summed E-state index contributed by atoms with van der Waals surface area (Å²) in [6, 6.07) is 0. The molecule has 10 nitrogen and oxygen atoms in total. The smallest absolute Gasteiger partial charge is 0.462 e. The fraction of sp³-hybridized carbons (Fsp3) is 0.655. The molecule has 3 unspecified atom stereocenters. The first-order valence-corrected chi connectivity index (χ1v) is 15.6. The number of ether oxygens (including phenoxy) is 2. The molecule has 40 heavy (non-hydrogen) atoms. The van der Waals surface area contributed by atoms with E-state index in [9.17, 15) is 24.2 Å². The third-order valence-corrected chi connectivity index (χ3v) is 6.20. The molecular formula is C29H49O10P. The van der Waals surface area contributed by atoms with Crippen molar-refractivity contribution in [1.29, 1.82) is 0 Å². The Labute approximate surface area is 239 Å². The van der Waals surface area contributed by atoms with E-state index >= 15 is 0 Å². The van der Waals surface area contributed by atoms with E-state index in [0.717, 1.165) is 44.9 Å². The van der Waals surface area contributed by atoms with Crippen LogP contribution in [0, 0.1) is 0 Å². The summed E-state index contributed by atoms with van der Waals surface area (Å²) in [7, 11) is -4.60. The van der Waals surface area contributed by atoms with Crippen molar-refractivity contribution in [2.45, 2.75) is 96.7 Å². The van der Waals surface area contributed by atoms with Crippen LogP contribution >= 0.6 is 7.82 Å². The molecular weight excluding hydrogens is 539 g/mol. The lowest BCUT2D eigenvalue weighted by Crippen LogP contribution is -2.29. The quantitative estimate of drug-likeness (QED) is 0.0541. The molecule has 0 aromatic rings. The van der Waals surface area contributed by atoms with Crippen LogP contribution in [0.2, 0.25) is 0 Å². The molecule has 0 aliphatic carbocycles. The summed E-state index contributed by atoms with van der Waals surface area (Å²) >= 11 is 0. The molecule has 0 amide bonds. The van der Waals surface area contributed by atoms with Crippen LogP contribution in [0.15, 0.2) is 48.6 Å². The maximum absolute atomic E-state index is 12.3. The van der Waals surface area contributed by atoms with Crippen LogP contribution in [0.1, 0.15) is 84.5 Å². The van der Waals surface area contributed by atoms with Gasteiger partial charge in [0.15, 0.2) is 6.10 Å². The highest BCUT2D eigenvalue weighted by Crippen LogP contribution is 2.43. The van der Waals surface area contributed by atoms with Gasteiger partial charge in [0.05, 0.1) is 19.8 Å². The van der Waals surface area contributed by atoms with Crippen LogP contribution in [0.4, 0.5) is 0 Å². The van der Waals surface area contributed by atoms with E-state index in [1.807, 2.05) is 6.92 Å². The number of hydrogen-bond acceptors (Lipinski definition) is 9. The van der Waals surface area contributed by atoms with Crippen LogP contribution < -0.4 is 0 Å². The molecule has 0 saturated heterocycles. The normalized spacial score (nSPS) is 15.2. The van der Waals surface area contributed by atoms with Crippen LogP contribution in [-0.4, -0.2) is 65.7 Å². The Morgan fingerprint density at radius 3 is 1.95 bits per heavy atom. The lowest BCUT2D eigenvalue weighted by atomic mass is 10.2. The predicted molar refractivity (Wildman–Crippen MR) is 154 cm³/mol. The standard InChI is InChI=1S/C29H49O10P/c1-3-5-7-8-9-10-11-12-13-14-15-16-17-18-19-21-29(33)39-27(24-36-28(32)20-6-4-2)25-38-40(34,35)37-23-26(31)22-30/h5,7,9-10,12-13,15-16,26-27,30-31H,3-4,6,8,11,14,17-25H2,1-2H3,(H,34,35)/b7-5-,10-9-,13-12-,16-15-. The zero-order chi connectivity index (χ0) is 29.9. The summed E-state index contributed by atoms with van der Waals surface area (Å²) in [6.07, 6.45) is 22.3. The van der Waals surface area contributed by atoms with Gasteiger partial charge in [-0.3, -0.25) is 18.6 Å². The second-order valence-electron chi connectivity index (χ2n) is 9.04.